The van der Waals surface area contributed by atoms with Crippen molar-refractivity contribution in [3.8, 4) is 0 Å². The van der Waals surface area contributed by atoms with E-state index >= 15 is 0 Å². The molecule has 0 fully saturated rings. The summed E-state index contributed by atoms with van der Waals surface area (Å²) in [5.41, 5.74) is 4.11. The molecule has 2 N–H and O–H groups in total. The van der Waals surface area contributed by atoms with Gasteiger partial charge >= 0.3 is 0 Å². The molecule has 2 aromatic rings. The van der Waals surface area contributed by atoms with E-state index in [1.165, 1.54) is 29.7 Å². The van der Waals surface area contributed by atoms with Crippen molar-refractivity contribution < 1.29 is 0 Å². The van der Waals surface area contributed by atoms with E-state index in [-0.39, 0.29) is 0 Å². The molecule has 2 heteroatoms. The average molecular weight is 411 g/mol. The second kappa shape index (κ2) is 14.2. The summed E-state index contributed by atoms with van der Waals surface area (Å²) in [6, 6.07) is 21.0. The summed E-state index contributed by atoms with van der Waals surface area (Å²) in [6.07, 6.45) is 3.72. The van der Waals surface area contributed by atoms with Crippen molar-refractivity contribution in [2.45, 2.75) is 98.7 Å². The first-order valence-corrected chi connectivity index (χ1v) is 11.8. The fourth-order valence-electron chi connectivity index (χ4n) is 3.59. The van der Waals surface area contributed by atoms with Crippen LogP contribution in [0.4, 0.5) is 5.69 Å². The third-order valence-electron chi connectivity index (χ3n) is 5.01. The normalized spacial score (nSPS) is 12.3. The van der Waals surface area contributed by atoms with E-state index in [1.807, 2.05) is 0 Å². The van der Waals surface area contributed by atoms with E-state index in [2.05, 4.69) is 121 Å². The Balaban J connectivity index is 0.000000311. The molecule has 0 spiro atoms. The van der Waals surface area contributed by atoms with Gasteiger partial charge in [0.2, 0.25) is 0 Å². The average Bonchev–Trinajstić information content (AvgIpc) is 2.67. The highest BCUT2D eigenvalue weighted by atomic mass is 14.9. The Kier molecular flexibility index (Phi) is 12.5. The first kappa shape index (κ1) is 26.2. The van der Waals surface area contributed by atoms with Gasteiger partial charge in [0.05, 0.1) is 0 Å². The van der Waals surface area contributed by atoms with Gasteiger partial charge in [0.25, 0.3) is 0 Å². The highest BCUT2D eigenvalue weighted by Gasteiger charge is 2.11. The summed E-state index contributed by atoms with van der Waals surface area (Å²) >= 11 is 0. The summed E-state index contributed by atoms with van der Waals surface area (Å²) in [4.78, 5) is 0. The van der Waals surface area contributed by atoms with Gasteiger partial charge in [0.15, 0.2) is 0 Å². The van der Waals surface area contributed by atoms with Gasteiger partial charge < -0.3 is 10.6 Å². The molecule has 2 rings (SSSR count). The molecule has 2 nitrogen and oxygen atoms in total. The zero-order chi connectivity index (χ0) is 22.5. The maximum absolute atomic E-state index is 3.68. The molecule has 1 atom stereocenters. The largest absolute Gasteiger partial charge is 0.383 e. The fraction of sp³-hybridized carbons (Fsp3) is 0.571. The Morgan fingerprint density at radius 1 is 0.667 bits per heavy atom. The molecule has 0 saturated heterocycles. The van der Waals surface area contributed by atoms with Crippen LogP contribution in [0.25, 0.3) is 0 Å². The van der Waals surface area contributed by atoms with Crippen molar-refractivity contribution in [1.82, 2.24) is 5.32 Å². The first-order chi connectivity index (χ1) is 14.2. The number of para-hydroxylation sites is 1. The number of hydrogen-bond acceptors (Lipinski definition) is 2. The van der Waals surface area contributed by atoms with Crippen LogP contribution in [-0.2, 0) is 6.42 Å². The Hall–Kier alpha value is -1.80. The molecule has 0 radical (unpaired) electrons. The van der Waals surface area contributed by atoms with Crippen molar-refractivity contribution in [3.63, 3.8) is 0 Å². The molecule has 0 unspecified atom stereocenters. The first-order valence-electron chi connectivity index (χ1n) is 11.8. The summed E-state index contributed by atoms with van der Waals surface area (Å²) in [7, 11) is 0. The minimum absolute atomic E-state index is 0.500. The van der Waals surface area contributed by atoms with Gasteiger partial charge in [-0.1, -0.05) is 90.1 Å². The molecule has 30 heavy (non-hydrogen) atoms. The van der Waals surface area contributed by atoms with E-state index in [9.17, 15) is 0 Å². The lowest BCUT2D eigenvalue weighted by Gasteiger charge is -2.22. The van der Waals surface area contributed by atoms with Crippen LogP contribution in [0, 0.1) is 5.92 Å². The molecule has 0 amide bonds. The molecular weight excluding hydrogens is 364 g/mol. The number of nitrogens with one attached hydrogen (secondary N) is 2. The Morgan fingerprint density at radius 3 is 1.80 bits per heavy atom. The molecule has 0 heterocycles. The highest BCUT2D eigenvalue weighted by molar-refractivity contribution is 5.52. The molecular formula is C28H46N2. The molecule has 168 valence electrons. The van der Waals surface area contributed by atoms with Gasteiger partial charge in [0, 0.05) is 23.8 Å². The SMILES string of the molecule is CC(C)CC[C@@H](Cc1ccccc1)NC(C)C.CC(C)Nc1ccccc1C(C)C. The number of anilines is 1. The van der Waals surface area contributed by atoms with Gasteiger partial charge in [-0.05, 0) is 62.1 Å². The minimum atomic E-state index is 0.500. The Morgan fingerprint density at radius 2 is 1.27 bits per heavy atom. The van der Waals surface area contributed by atoms with Crippen LogP contribution in [-0.4, -0.2) is 18.1 Å². The van der Waals surface area contributed by atoms with Gasteiger partial charge in [-0.2, -0.15) is 0 Å². The third-order valence-corrected chi connectivity index (χ3v) is 5.01. The van der Waals surface area contributed by atoms with Crippen molar-refractivity contribution in [2.24, 2.45) is 5.92 Å². The van der Waals surface area contributed by atoms with Gasteiger partial charge in [-0.25, -0.2) is 0 Å². The van der Waals surface area contributed by atoms with Crippen LogP contribution in [0.2, 0.25) is 0 Å². The van der Waals surface area contributed by atoms with Crippen LogP contribution in [0.3, 0.4) is 0 Å². The van der Waals surface area contributed by atoms with Gasteiger partial charge in [-0.15, -0.1) is 0 Å². The van der Waals surface area contributed by atoms with E-state index in [0.29, 0.717) is 24.0 Å². The second-order valence-electron chi connectivity index (χ2n) is 9.72. The van der Waals surface area contributed by atoms with Gasteiger partial charge in [0.1, 0.15) is 0 Å². The molecule has 0 aliphatic carbocycles. The topological polar surface area (TPSA) is 24.1 Å². The summed E-state index contributed by atoms with van der Waals surface area (Å²) in [5.74, 6) is 1.38. The summed E-state index contributed by atoms with van der Waals surface area (Å²) in [5, 5.41) is 7.14. The smallest absolute Gasteiger partial charge is 0.0377 e. The highest BCUT2D eigenvalue weighted by Crippen LogP contribution is 2.24. The lowest BCUT2D eigenvalue weighted by atomic mass is 9.97. The minimum Gasteiger partial charge on any atom is -0.383 e. The molecule has 0 saturated carbocycles. The van der Waals surface area contributed by atoms with Crippen LogP contribution in [0.1, 0.15) is 85.3 Å². The fourth-order valence-corrected chi connectivity index (χ4v) is 3.59. The van der Waals surface area contributed by atoms with E-state index in [4.69, 9.17) is 0 Å². The summed E-state index contributed by atoms with van der Waals surface area (Å²) < 4.78 is 0. The van der Waals surface area contributed by atoms with E-state index in [0.717, 1.165) is 12.3 Å². The van der Waals surface area contributed by atoms with Crippen molar-refractivity contribution >= 4 is 5.69 Å². The monoisotopic (exact) mass is 410 g/mol. The Labute approximate surface area is 186 Å². The third kappa shape index (κ3) is 11.4. The second-order valence-corrected chi connectivity index (χ2v) is 9.72. The Bertz CT molecular complexity index is 674. The molecule has 0 bridgehead atoms. The van der Waals surface area contributed by atoms with Crippen molar-refractivity contribution in [2.75, 3.05) is 5.32 Å². The van der Waals surface area contributed by atoms with Crippen molar-refractivity contribution in [3.05, 3.63) is 65.7 Å². The van der Waals surface area contributed by atoms with Crippen LogP contribution < -0.4 is 10.6 Å². The zero-order valence-corrected chi connectivity index (χ0v) is 20.7. The standard InChI is InChI=1S/C16H27N.C12H19N/c1-13(2)10-11-16(17-14(3)4)12-15-8-6-5-7-9-15;1-9(2)11-7-5-6-8-12(11)13-10(3)4/h5-9,13-14,16-17H,10-12H2,1-4H3;5-10,13H,1-4H3/t16-;/m0./s1. The molecule has 0 aliphatic rings. The van der Waals surface area contributed by atoms with Gasteiger partial charge in [-0.3, -0.25) is 0 Å². The number of rotatable bonds is 10. The lowest BCUT2D eigenvalue weighted by molar-refractivity contribution is 0.400. The van der Waals surface area contributed by atoms with Crippen LogP contribution >= 0.6 is 0 Å². The van der Waals surface area contributed by atoms with E-state index < -0.39 is 0 Å². The lowest BCUT2D eigenvalue weighted by Crippen LogP contribution is -2.36. The summed E-state index contributed by atoms with van der Waals surface area (Å²) in [6.45, 7) is 17.8. The molecule has 2 aromatic carbocycles. The number of hydrogen-bond donors (Lipinski definition) is 2. The predicted molar refractivity (Wildman–Crippen MR) is 136 cm³/mol. The molecule has 0 aliphatic heterocycles. The van der Waals surface area contributed by atoms with Crippen LogP contribution in [0.15, 0.2) is 54.6 Å². The van der Waals surface area contributed by atoms with Crippen molar-refractivity contribution in [1.29, 1.82) is 0 Å². The molecule has 0 aromatic heterocycles. The quantitative estimate of drug-likeness (QED) is 0.420. The maximum atomic E-state index is 3.68. The maximum Gasteiger partial charge on any atom is 0.0377 e. The predicted octanol–water partition coefficient (Wildman–Crippen LogP) is 7.66. The zero-order valence-electron chi connectivity index (χ0n) is 20.7. The number of benzene rings is 2. The van der Waals surface area contributed by atoms with E-state index in [1.54, 1.807) is 0 Å². The van der Waals surface area contributed by atoms with Crippen LogP contribution in [0.5, 0.6) is 0 Å².